The number of nitrogens with one attached hydrogen (secondary N) is 2. The molecule has 3 rings (SSSR count). The van der Waals surface area contributed by atoms with Gasteiger partial charge in [0.05, 0.1) is 0 Å². The summed E-state index contributed by atoms with van der Waals surface area (Å²) < 4.78 is 5.58. The summed E-state index contributed by atoms with van der Waals surface area (Å²) in [7, 11) is 1.80. The number of carbonyl (C=O) groups is 1. The lowest BCUT2D eigenvalue weighted by atomic mass is 9.85. The molecule has 1 aromatic rings. The standard InChI is InChI=1S/C20H32N4O2S/c1-14-12-17(15(2)26-14)13-22-20(21-3)23-18-6-4-16(5-7-18)19(25)24-8-10-27-11-9-24/h12,16,18H,4-11,13H2,1-3H3,(H2,21,22,23). The second-order valence-electron chi connectivity index (χ2n) is 7.49. The fourth-order valence-electron chi connectivity index (χ4n) is 3.95. The zero-order valence-corrected chi connectivity index (χ0v) is 17.5. The summed E-state index contributed by atoms with van der Waals surface area (Å²) in [6.45, 7) is 6.49. The van der Waals surface area contributed by atoms with Gasteiger partial charge in [0.25, 0.3) is 0 Å². The molecule has 0 aromatic carbocycles. The molecule has 1 saturated heterocycles. The Bertz CT molecular complexity index is 659. The average Bonchev–Trinajstić information content (AvgIpc) is 3.02. The number of amides is 1. The minimum absolute atomic E-state index is 0.206. The molecule has 1 saturated carbocycles. The SMILES string of the molecule is CN=C(NCc1cc(C)oc1C)NC1CCC(C(=O)N2CCSCC2)CC1. The van der Waals surface area contributed by atoms with Crippen LogP contribution in [0.5, 0.6) is 0 Å². The molecule has 0 spiro atoms. The largest absolute Gasteiger partial charge is 0.466 e. The van der Waals surface area contributed by atoms with Crippen LogP contribution in [0.4, 0.5) is 0 Å². The van der Waals surface area contributed by atoms with Crippen LogP contribution < -0.4 is 10.6 Å². The maximum Gasteiger partial charge on any atom is 0.225 e. The second-order valence-corrected chi connectivity index (χ2v) is 8.72. The maximum absolute atomic E-state index is 12.7. The summed E-state index contributed by atoms with van der Waals surface area (Å²) >= 11 is 1.95. The van der Waals surface area contributed by atoms with Crippen LogP contribution in [-0.4, -0.2) is 54.5 Å². The van der Waals surface area contributed by atoms with E-state index in [0.29, 0.717) is 18.5 Å². The first-order chi connectivity index (χ1) is 13.1. The number of aliphatic imine (C=N–C) groups is 1. The van der Waals surface area contributed by atoms with Crippen molar-refractivity contribution in [3.05, 3.63) is 23.2 Å². The van der Waals surface area contributed by atoms with Crippen molar-refractivity contribution in [1.82, 2.24) is 15.5 Å². The predicted octanol–water partition coefficient (Wildman–Crippen LogP) is 2.70. The highest BCUT2D eigenvalue weighted by molar-refractivity contribution is 7.99. The lowest BCUT2D eigenvalue weighted by Gasteiger charge is -2.34. The Balaban J connectivity index is 1.43. The molecular weight excluding hydrogens is 360 g/mol. The zero-order valence-electron chi connectivity index (χ0n) is 16.7. The van der Waals surface area contributed by atoms with Gasteiger partial charge in [0.2, 0.25) is 5.91 Å². The maximum atomic E-state index is 12.7. The van der Waals surface area contributed by atoms with E-state index in [-0.39, 0.29) is 5.92 Å². The summed E-state index contributed by atoms with van der Waals surface area (Å²) in [6.07, 6.45) is 3.97. The number of hydrogen-bond acceptors (Lipinski definition) is 4. The molecule has 27 heavy (non-hydrogen) atoms. The fraction of sp³-hybridized carbons (Fsp3) is 0.700. The van der Waals surface area contributed by atoms with Crippen LogP contribution in [0.3, 0.4) is 0 Å². The van der Waals surface area contributed by atoms with Gasteiger partial charge >= 0.3 is 0 Å². The van der Waals surface area contributed by atoms with Crippen molar-refractivity contribution in [2.24, 2.45) is 10.9 Å². The highest BCUT2D eigenvalue weighted by atomic mass is 32.2. The third kappa shape index (κ3) is 5.43. The smallest absolute Gasteiger partial charge is 0.225 e. The lowest BCUT2D eigenvalue weighted by Crippen LogP contribution is -2.47. The number of hydrogen-bond donors (Lipinski definition) is 2. The van der Waals surface area contributed by atoms with Crippen LogP contribution in [0.2, 0.25) is 0 Å². The van der Waals surface area contributed by atoms with E-state index in [0.717, 1.165) is 73.3 Å². The number of furan rings is 1. The zero-order chi connectivity index (χ0) is 19.2. The van der Waals surface area contributed by atoms with Crippen LogP contribution in [-0.2, 0) is 11.3 Å². The van der Waals surface area contributed by atoms with Gasteiger partial charge in [-0.15, -0.1) is 0 Å². The van der Waals surface area contributed by atoms with Crippen molar-refractivity contribution in [3.63, 3.8) is 0 Å². The molecule has 2 aliphatic rings. The molecule has 1 aliphatic heterocycles. The number of nitrogens with zero attached hydrogens (tertiary/aromatic N) is 2. The van der Waals surface area contributed by atoms with E-state index < -0.39 is 0 Å². The Morgan fingerprint density at radius 2 is 1.96 bits per heavy atom. The van der Waals surface area contributed by atoms with Gasteiger partial charge in [0.1, 0.15) is 11.5 Å². The highest BCUT2D eigenvalue weighted by Crippen LogP contribution is 2.27. The Kier molecular flexibility index (Phi) is 7.10. The molecule has 0 radical (unpaired) electrons. The number of guanidine groups is 1. The summed E-state index contributed by atoms with van der Waals surface area (Å²) in [5.41, 5.74) is 1.16. The lowest BCUT2D eigenvalue weighted by molar-refractivity contribution is -0.136. The van der Waals surface area contributed by atoms with Gasteiger partial charge in [-0.2, -0.15) is 11.8 Å². The van der Waals surface area contributed by atoms with Gasteiger partial charge in [-0.05, 0) is 45.6 Å². The minimum Gasteiger partial charge on any atom is -0.466 e. The average molecular weight is 393 g/mol. The van der Waals surface area contributed by atoms with E-state index in [2.05, 4.69) is 26.6 Å². The second kappa shape index (κ2) is 9.53. The third-order valence-corrected chi connectivity index (χ3v) is 6.50. The Morgan fingerprint density at radius 3 is 2.56 bits per heavy atom. The summed E-state index contributed by atoms with van der Waals surface area (Å²) in [5, 5.41) is 6.90. The van der Waals surface area contributed by atoms with Crippen LogP contribution in [0.25, 0.3) is 0 Å². The minimum atomic E-state index is 0.206. The van der Waals surface area contributed by atoms with Crippen LogP contribution in [0, 0.1) is 19.8 Å². The molecule has 1 aliphatic carbocycles. The van der Waals surface area contributed by atoms with Crippen molar-refractivity contribution < 1.29 is 9.21 Å². The topological polar surface area (TPSA) is 69.9 Å². The van der Waals surface area contributed by atoms with E-state index in [1.807, 2.05) is 25.6 Å². The molecule has 2 N–H and O–H groups in total. The highest BCUT2D eigenvalue weighted by Gasteiger charge is 2.30. The number of aryl methyl sites for hydroxylation is 2. The number of carbonyl (C=O) groups excluding carboxylic acids is 1. The van der Waals surface area contributed by atoms with Crippen molar-refractivity contribution in [3.8, 4) is 0 Å². The molecule has 7 heteroatoms. The van der Waals surface area contributed by atoms with Gasteiger partial charge in [0.15, 0.2) is 5.96 Å². The Hall–Kier alpha value is -1.63. The molecule has 2 heterocycles. The van der Waals surface area contributed by atoms with E-state index in [4.69, 9.17) is 4.42 Å². The van der Waals surface area contributed by atoms with Crippen LogP contribution in [0.15, 0.2) is 15.5 Å². The molecule has 6 nitrogen and oxygen atoms in total. The Morgan fingerprint density at radius 1 is 1.26 bits per heavy atom. The first-order valence-electron chi connectivity index (χ1n) is 9.96. The molecule has 0 bridgehead atoms. The predicted molar refractivity (Wildman–Crippen MR) is 111 cm³/mol. The van der Waals surface area contributed by atoms with Gasteiger partial charge in [-0.25, -0.2) is 0 Å². The Labute approximate surface area is 166 Å². The summed E-state index contributed by atoms with van der Waals surface area (Å²) in [4.78, 5) is 19.1. The molecular formula is C20H32N4O2S. The van der Waals surface area contributed by atoms with Gasteiger partial charge < -0.3 is 20.0 Å². The van der Waals surface area contributed by atoms with E-state index >= 15 is 0 Å². The van der Waals surface area contributed by atoms with E-state index in [1.165, 1.54) is 0 Å². The van der Waals surface area contributed by atoms with Crippen LogP contribution in [0.1, 0.15) is 42.8 Å². The van der Waals surface area contributed by atoms with Crippen molar-refractivity contribution >= 4 is 23.6 Å². The number of thioether (sulfide) groups is 1. The first kappa shape index (κ1) is 20.1. The molecule has 0 unspecified atom stereocenters. The van der Waals surface area contributed by atoms with E-state index in [9.17, 15) is 4.79 Å². The normalized spacial score (nSPS) is 24.0. The van der Waals surface area contributed by atoms with Crippen molar-refractivity contribution in [1.29, 1.82) is 0 Å². The summed E-state index contributed by atoms with van der Waals surface area (Å²) in [6, 6.07) is 2.44. The molecule has 1 amide bonds. The quantitative estimate of drug-likeness (QED) is 0.609. The molecule has 0 atom stereocenters. The molecule has 150 valence electrons. The van der Waals surface area contributed by atoms with E-state index in [1.54, 1.807) is 7.05 Å². The fourth-order valence-corrected chi connectivity index (χ4v) is 4.86. The third-order valence-electron chi connectivity index (χ3n) is 5.55. The monoisotopic (exact) mass is 392 g/mol. The van der Waals surface area contributed by atoms with Gasteiger partial charge in [0, 0.05) is 55.7 Å². The van der Waals surface area contributed by atoms with Gasteiger partial charge in [-0.1, -0.05) is 0 Å². The molecule has 1 aromatic heterocycles. The first-order valence-corrected chi connectivity index (χ1v) is 11.1. The van der Waals surface area contributed by atoms with Crippen molar-refractivity contribution in [2.45, 2.75) is 52.1 Å². The summed E-state index contributed by atoms with van der Waals surface area (Å²) in [5.74, 6) is 5.45. The van der Waals surface area contributed by atoms with Gasteiger partial charge in [-0.3, -0.25) is 9.79 Å². The van der Waals surface area contributed by atoms with Crippen molar-refractivity contribution in [2.75, 3.05) is 31.6 Å². The number of rotatable bonds is 4. The molecule has 2 fully saturated rings. The van der Waals surface area contributed by atoms with Crippen LogP contribution >= 0.6 is 11.8 Å².